The van der Waals surface area contributed by atoms with E-state index in [0.29, 0.717) is 11.1 Å². The number of halogens is 1. The van der Waals surface area contributed by atoms with Crippen LogP contribution in [0.25, 0.3) is 0 Å². The van der Waals surface area contributed by atoms with Gasteiger partial charge in [0, 0.05) is 16.6 Å². The van der Waals surface area contributed by atoms with E-state index < -0.39 is 0 Å². The van der Waals surface area contributed by atoms with Gasteiger partial charge >= 0.3 is 0 Å². The van der Waals surface area contributed by atoms with Gasteiger partial charge in [-0.15, -0.1) is 0 Å². The van der Waals surface area contributed by atoms with Gasteiger partial charge in [0.25, 0.3) is 0 Å². The van der Waals surface area contributed by atoms with Crippen molar-refractivity contribution in [2.45, 2.75) is 51.7 Å². The fourth-order valence-electron chi connectivity index (χ4n) is 2.65. The van der Waals surface area contributed by atoms with Gasteiger partial charge < -0.3 is 10.5 Å². The SMILES string of the molecule is CC1CCCC(Oc2ccc(Cl)cc2[C@@H](C)N)C1. The van der Waals surface area contributed by atoms with Gasteiger partial charge in [-0.25, -0.2) is 0 Å². The normalized spacial score (nSPS) is 25.8. The summed E-state index contributed by atoms with van der Waals surface area (Å²) in [6.45, 7) is 4.26. The molecule has 2 N–H and O–H groups in total. The lowest BCUT2D eigenvalue weighted by Crippen LogP contribution is -2.25. The number of hydrogen-bond donors (Lipinski definition) is 1. The van der Waals surface area contributed by atoms with Crippen LogP contribution in [-0.4, -0.2) is 6.10 Å². The van der Waals surface area contributed by atoms with Crippen LogP contribution in [0.15, 0.2) is 18.2 Å². The molecule has 3 atom stereocenters. The fourth-order valence-corrected chi connectivity index (χ4v) is 2.83. The molecular formula is C15H22ClNO. The van der Waals surface area contributed by atoms with E-state index in [9.17, 15) is 0 Å². The molecule has 1 saturated carbocycles. The van der Waals surface area contributed by atoms with Gasteiger partial charge in [-0.2, -0.15) is 0 Å². The van der Waals surface area contributed by atoms with Crippen molar-refractivity contribution in [1.29, 1.82) is 0 Å². The predicted octanol–water partition coefficient (Wildman–Crippen LogP) is 4.32. The Hall–Kier alpha value is -0.730. The second-order valence-corrected chi connectivity index (χ2v) is 5.92. The smallest absolute Gasteiger partial charge is 0.124 e. The first-order valence-corrected chi connectivity index (χ1v) is 7.15. The first-order chi connectivity index (χ1) is 8.56. The Morgan fingerprint density at radius 2 is 2.17 bits per heavy atom. The molecule has 1 aromatic rings. The number of hydrogen-bond acceptors (Lipinski definition) is 2. The summed E-state index contributed by atoms with van der Waals surface area (Å²) in [6, 6.07) is 5.67. The maximum atomic E-state index is 6.13. The molecule has 3 heteroatoms. The quantitative estimate of drug-likeness (QED) is 0.885. The van der Waals surface area contributed by atoms with Crippen LogP contribution in [0.5, 0.6) is 5.75 Å². The second-order valence-electron chi connectivity index (χ2n) is 5.48. The molecule has 1 aliphatic rings. The average molecular weight is 268 g/mol. The maximum absolute atomic E-state index is 6.13. The van der Waals surface area contributed by atoms with E-state index in [1.807, 2.05) is 25.1 Å². The highest BCUT2D eigenvalue weighted by Gasteiger charge is 2.21. The summed E-state index contributed by atoms with van der Waals surface area (Å²) < 4.78 is 6.13. The van der Waals surface area contributed by atoms with Crippen molar-refractivity contribution in [3.63, 3.8) is 0 Å². The summed E-state index contributed by atoms with van der Waals surface area (Å²) in [4.78, 5) is 0. The van der Waals surface area contributed by atoms with Crippen LogP contribution in [0, 0.1) is 5.92 Å². The predicted molar refractivity (Wildman–Crippen MR) is 76.1 cm³/mol. The van der Waals surface area contributed by atoms with Crippen LogP contribution in [-0.2, 0) is 0 Å². The summed E-state index contributed by atoms with van der Waals surface area (Å²) in [5, 5.41) is 0.715. The zero-order valence-corrected chi connectivity index (χ0v) is 11.9. The van der Waals surface area contributed by atoms with Gasteiger partial charge in [-0.3, -0.25) is 0 Å². The highest BCUT2D eigenvalue weighted by atomic mass is 35.5. The fraction of sp³-hybridized carbons (Fsp3) is 0.600. The lowest BCUT2D eigenvalue weighted by Gasteiger charge is -2.28. The lowest BCUT2D eigenvalue weighted by molar-refractivity contribution is 0.127. The van der Waals surface area contributed by atoms with Gasteiger partial charge in [0.2, 0.25) is 0 Å². The molecule has 1 aromatic carbocycles. The summed E-state index contributed by atoms with van der Waals surface area (Å²) in [6.07, 6.45) is 5.19. The van der Waals surface area contributed by atoms with E-state index in [4.69, 9.17) is 22.1 Å². The number of ether oxygens (including phenoxy) is 1. The van der Waals surface area contributed by atoms with Gasteiger partial charge in [0.05, 0.1) is 6.10 Å². The molecule has 0 bridgehead atoms. The Kier molecular flexibility index (Phi) is 4.52. The molecule has 18 heavy (non-hydrogen) atoms. The van der Waals surface area contributed by atoms with Crippen molar-refractivity contribution < 1.29 is 4.74 Å². The summed E-state index contributed by atoms with van der Waals surface area (Å²) >= 11 is 6.02. The Bertz CT molecular complexity index is 405. The van der Waals surface area contributed by atoms with Gasteiger partial charge in [0.1, 0.15) is 5.75 Å². The highest BCUT2D eigenvalue weighted by molar-refractivity contribution is 6.30. The van der Waals surface area contributed by atoms with Crippen LogP contribution in [0.2, 0.25) is 5.02 Å². The van der Waals surface area contributed by atoms with Crippen LogP contribution in [0.3, 0.4) is 0 Å². The second kappa shape index (κ2) is 5.94. The maximum Gasteiger partial charge on any atom is 0.124 e. The van der Waals surface area contributed by atoms with Gasteiger partial charge in [0.15, 0.2) is 0 Å². The summed E-state index contributed by atoms with van der Waals surface area (Å²) in [7, 11) is 0. The van der Waals surface area contributed by atoms with Crippen molar-refractivity contribution >= 4 is 11.6 Å². The van der Waals surface area contributed by atoms with Crippen molar-refractivity contribution in [2.75, 3.05) is 0 Å². The minimum absolute atomic E-state index is 0.0558. The summed E-state index contributed by atoms with van der Waals surface area (Å²) in [5.74, 6) is 1.66. The molecule has 0 radical (unpaired) electrons. The molecule has 0 aromatic heterocycles. The van der Waals surface area contributed by atoms with E-state index >= 15 is 0 Å². The molecule has 2 nitrogen and oxygen atoms in total. The van der Waals surface area contributed by atoms with Crippen LogP contribution < -0.4 is 10.5 Å². The minimum atomic E-state index is -0.0558. The third-order valence-corrected chi connectivity index (χ3v) is 3.88. The van der Waals surface area contributed by atoms with Crippen molar-refractivity contribution in [3.05, 3.63) is 28.8 Å². The zero-order chi connectivity index (χ0) is 13.1. The third kappa shape index (κ3) is 3.39. The molecule has 0 heterocycles. The minimum Gasteiger partial charge on any atom is -0.490 e. The Labute approximate surface area is 114 Å². The standard InChI is InChI=1S/C15H22ClNO/c1-10-4-3-5-13(8-10)18-15-7-6-12(16)9-14(15)11(2)17/h6-7,9-11,13H,3-5,8,17H2,1-2H3/t10?,11-,13?/m1/s1. The highest BCUT2D eigenvalue weighted by Crippen LogP contribution is 2.32. The van der Waals surface area contributed by atoms with Crippen molar-refractivity contribution in [2.24, 2.45) is 11.7 Å². The Morgan fingerprint density at radius 3 is 2.83 bits per heavy atom. The molecule has 1 aliphatic carbocycles. The lowest BCUT2D eigenvalue weighted by atomic mass is 9.88. The number of benzene rings is 1. The third-order valence-electron chi connectivity index (χ3n) is 3.64. The van der Waals surface area contributed by atoms with E-state index in [0.717, 1.165) is 30.1 Å². The Morgan fingerprint density at radius 1 is 1.39 bits per heavy atom. The first-order valence-electron chi connectivity index (χ1n) is 6.78. The molecule has 0 aliphatic heterocycles. The van der Waals surface area contributed by atoms with Gasteiger partial charge in [-0.1, -0.05) is 24.9 Å². The van der Waals surface area contributed by atoms with E-state index in [1.165, 1.54) is 12.8 Å². The average Bonchev–Trinajstić information content (AvgIpc) is 2.31. The monoisotopic (exact) mass is 267 g/mol. The van der Waals surface area contributed by atoms with E-state index in [2.05, 4.69) is 6.92 Å². The molecule has 1 fully saturated rings. The number of nitrogens with two attached hydrogens (primary N) is 1. The molecule has 2 rings (SSSR count). The van der Waals surface area contributed by atoms with Crippen molar-refractivity contribution in [3.8, 4) is 5.75 Å². The van der Waals surface area contributed by atoms with E-state index in [-0.39, 0.29) is 6.04 Å². The van der Waals surface area contributed by atoms with Crippen LogP contribution in [0.4, 0.5) is 0 Å². The Balaban J connectivity index is 2.12. The van der Waals surface area contributed by atoms with E-state index in [1.54, 1.807) is 0 Å². The summed E-state index contributed by atoms with van der Waals surface area (Å²) in [5.41, 5.74) is 6.98. The number of rotatable bonds is 3. The molecule has 0 saturated heterocycles. The van der Waals surface area contributed by atoms with Crippen LogP contribution in [0.1, 0.15) is 51.1 Å². The first kappa shape index (κ1) is 13.7. The zero-order valence-electron chi connectivity index (χ0n) is 11.2. The molecular weight excluding hydrogens is 246 g/mol. The topological polar surface area (TPSA) is 35.2 Å². The van der Waals surface area contributed by atoms with Crippen molar-refractivity contribution in [1.82, 2.24) is 0 Å². The largest absolute Gasteiger partial charge is 0.490 e. The molecule has 100 valence electrons. The molecule has 0 spiro atoms. The molecule has 0 amide bonds. The molecule has 2 unspecified atom stereocenters. The van der Waals surface area contributed by atoms with Crippen LogP contribution >= 0.6 is 11.6 Å². The van der Waals surface area contributed by atoms with Gasteiger partial charge in [-0.05, 0) is 50.3 Å².